The highest BCUT2D eigenvalue weighted by Crippen LogP contribution is 2.42. The molecule has 2 heterocycles. The molecule has 0 bridgehead atoms. The van der Waals surface area contributed by atoms with Crippen molar-refractivity contribution < 1.29 is 9.47 Å². The van der Waals surface area contributed by atoms with Gasteiger partial charge in [-0.2, -0.15) is 0 Å². The van der Waals surface area contributed by atoms with Gasteiger partial charge in [-0.3, -0.25) is 0 Å². The summed E-state index contributed by atoms with van der Waals surface area (Å²) in [7, 11) is 1.78. The summed E-state index contributed by atoms with van der Waals surface area (Å²) in [6.07, 6.45) is 3.67. The zero-order chi connectivity index (χ0) is 14.1. The Morgan fingerprint density at radius 1 is 1.40 bits per heavy atom. The third-order valence-corrected chi connectivity index (χ3v) is 4.78. The highest BCUT2D eigenvalue weighted by Gasteiger charge is 2.30. The molecule has 0 aliphatic carbocycles. The Balaban J connectivity index is 1.97. The number of fused-ring (bicyclic) bond motifs is 1. The molecule has 3 atom stereocenters. The number of nitrogens with one attached hydrogen (secondary N) is 1. The van der Waals surface area contributed by atoms with Crippen LogP contribution in [0, 0.1) is 5.92 Å². The lowest BCUT2D eigenvalue weighted by atomic mass is 9.79. The molecule has 0 spiro atoms. The molecule has 3 unspecified atom stereocenters. The van der Waals surface area contributed by atoms with Gasteiger partial charge >= 0.3 is 0 Å². The summed E-state index contributed by atoms with van der Waals surface area (Å²) in [4.78, 5) is 0. The summed E-state index contributed by atoms with van der Waals surface area (Å²) in [5, 5.41) is 3.51. The number of piperidine rings is 1. The maximum absolute atomic E-state index is 5.94. The van der Waals surface area contributed by atoms with Crippen molar-refractivity contribution in [3.63, 3.8) is 0 Å². The van der Waals surface area contributed by atoms with Gasteiger partial charge in [0.05, 0.1) is 7.11 Å². The van der Waals surface area contributed by atoms with E-state index in [9.17, 15) is 0 Å². The minimum atomic E-state index is 0.292. The van der Waals surface area contributed by atoms with Crippen molar-refractivity contribution in [2.45, 2.75) is 45.1 Å². The molecule has 3 rings (SSSR count). The van der Waals surface area contributed by atoms with Crippen LogP contribution in [0.1, 0.15) is 43.7 Å². The molecule has 2 aliphatic heterocycles. The second-order valence-corrected chi connectivity index (χ2v) is 6.10. The topological polar surface area (TPSA) is 30.5 Å². The molecule has 2 aliphatic rings. The molecule has 1 aromatic carbocycles. The van der Waals surface area contributed by atoms with Gasteiger partial charge in [0.15, 0.2) is 0 Å². The maximum atomic E-state index is 5.94. The SMILES string of the molecule is CCC1CNCCC1c1cc2c(cc1OC)CC(C)O2. The smallest absolute Gasteiger partial charge is 0.123 e. The molecular formula is C17H25NO2. The van der Waals surface area contributed by atoms with Gasteiger partial charge < -0.3 is 14.8 Å². The second-order valence-electron chi connectivity index (χ2n) is 6.10. The van der Waals surface area contributed by atoms with Crippen LogP contribution in [-0.4, -0.2) is 26.3 Å². The summed E-state index contributed by atoms with van der Waals surface area (Å²) in [5.41, 5.74) is 2.63. The van der Waals surface area contributed by atoms with Crippen molar-refractivity contribution in [2.24, 2.45) is 5.92 Å². The molecule has 0 aromatic heterocycles. The fourth-order valence-corrected chi connectivity index (χ4v) is 3.68. The monoisotopic (exact) mass is 275 g/mol. The van der Waals surface area contributed by atoms with E-state index in [1.807, 2.05) is 0 Å². The summed E-state index contributed by atoms with van der Waals surface area (Å²) in [6, 6.07) is 4.44. The predicted molar refractivity (Wildman–Crippen MR) is 80.8 cm³/mol. The molecule has 1 aromatic rings. The van der Waals surface area contributed by atoms with Gasteiger partial charge in [0.25, 0.3) is 0 Å². The van der Waals surface area contributed by atoms with Gasteiger partial charge in [-0.05, 0) is 50.4 Å². The lowest BCUT2D eigenvalue weighted by Crippen LogP contribution is -2.35. The van der Waals surface area contributed by atoms with E-state index in [0.29, 0.717) is 17.9 Å². The summed E-state index contributed by atoms with van der Waals surface area (Å²) < 4.78 is 11.6. The normalized spacial score (nSPS) is 28.9. The first-order chi connectivity index (χ1) is 9.72. The van der Waals surface area contributed by atoms with Crippen molar-refractivity contribution in [3.8, 4) is 11.5 Å². The van der Waals surface area contributed by atoms with Gasteiger partial charge in [-0.15, -0.1) is 0 Å². The Labute approximate surface area is 121 Å². The van der Waals surface area contributed by atoms with Gasteiger partial charge in [-0.25, -0.2) is 0 Å². The lowest BCUT2D eigenvalue weighted by molar-refractivity contribution is 0.253. The van der Waals surface area contributed by atoms with E-state index in [0.717, 1.165) is 31.0 Å². The van der Waals surface area contributed by atoms with Crippen molar-refractivity contribution in [1.82, 2.24) is 5.32 Å². The average Bonchev–Trinajstić information content (AvgIpc) is 2.84. The van der Waals surface area contributed by atoms with Crippen LogP contribution in [0.4, 0.5) is 0 Å². The van der Waals surface area contributed by atoms with Crippen LogP contribution in [0.2, 0.25) is 0 Å². The molecule has 0 amide bonds. The predicted octanol–water partition coefficient (Wildman–Crippen LogP) is 3.12. The average molecular weight is 275 g/mol. The number of ether oxygens (including phenoxy) is 2. The highest BCUT2D eigenvalue weighted by molar-refractivity contribution is 5.50. The Hall–Kier alpha value is -1.22. The maximum Gasteiger partial charge on any atom is 0.123 e. The van der Waals surface area contributed by atoms with E-state index < -0.39 is 0 Å². The second kappa shape index (κ2) is 5.65. The molecule has 1 N–H and O–H groups in total. The van der Waals surface area contributed by atoms with E-state index in [1.165, 1.54) is 24.0 Å². The fourth-order valence-electron chi connectivity index (χ4n) is 3.68. The third-order valence-electron chi connectivity index (χ3n) is 4.78. The third kappa shape index (κ3) is 2.39. The van der Waals surface area contributed by atoms with E-state index in [-0.39, 0.29) is 0 Å². The quantitative estimate of drug-likeness (QED) is 0.919. The molecule has 0 saturated carbocycles. The number of hydrogen-bond donors (Lipinski definition) is 1. The summed E-state index contributed by atoms with van der Waals surface area (Å²) in [5.74, 6) is 3.39. The molecule has 20 heavy (non-hydrogen) atoms. The summed E-state index contributed by atoms with van der Waals surface area (Å²) >= 11 is 0. The number of methoxy groups -OCH3 is 1. The fraction of sp³-hybridized carbons (Fsp3) is 0.647. The highest BCUT2D eigenvalue weighted by atomic mass is 16.5. The van der Waals surface area contributed by atoms with Crippen LogP contribution in [-0.2, 0) is 6.42 Å². The Morgan fingerprint density at radius 3 is 3.00 bits per heavy atom. The summed E-state index contributed by atoms with van der Waals surface area (Å²) in [6.45, 7) is 6.62. The molecule has 1 saturated heterocycles. The standard InChI is InChI=1S/C17H25NO2/c1-4-12-10-18-6-5-14(12)15-9-16-13(7-11(2)20-16)8-17(15)19-3/h8-9,11-12,14,18H,4-7,10H2,1-3H3. The first-order valence-corrected chi connectivity index (χ1v) is 7.81. The van der Waals surface area contributed by atoms with Crippen molar-refractivity contribution in [3.05, 3.63) is 23.3 Å². The van der Waals surface area contributed by atoms with Gasteiger partial charge in [0.2, 0.25) is 0 Å². The first kappa shape index (κ1) is 13.7. The van der Waals surface area contributed by atoms with Crippen LogP contribution < -0.4 is 14.8 Å². The Bertz CT molecular complexity index is 486. The van der Waals surface area contributed by atoms with E-state index in [1.54, 1.807) is 7.11 Å². The Kier molecular flexibility index (Phi) is 3.88. The minimum absolute atomic E-state index is 0.292. The first-order valence-electron chi connectivity index (χ1n) is 7.81. The number of rotatable bonds is 3. The lowest BCUT2D eigenvalue weighted by Gasteiger charge is -2.33. The van der Waals surface area contributed by atoms with Crippen molar-refractivity contribution >= 4 is 0 Å². The van der Waals surface area contributed by atoms with E-state index >= 15 is 0 Å². The van der Waals surface area contributed by atoms with Gasteiger partial charge in [0, 0.05) is 17.5 Å². The molecule has 0 radical (unpaired) electrons. The van der Waals surface area contributed by atoms with Crippen LogP contribution >= 0.6 is 0 Å². The molecule has 3 heteroatoms. The van der Waals surface area contributed by atoms with Crippen molar-refractivity contribution in [1.29, 1.82) is 0 Å². The van der Waals surface area contributed by atoms with Gasteiger partial charge in [0.1, 0.15) is 17.6 Å². The molecule has 1 fully saturated rings. The van der Waals surface area contributed by atoms with Crippen LogP contribution in [0.5, 0.6) is 11.5 Å². The number of benzene rings is 1. The van der Waals surface area contributed by atoms with Crippen LogP contribution in [0.25, 0.3) is 0 Å². The van der Waals surface area contributed by atoms with Gasteiger partial charge in [-0.1, -0.05) is 13.3 Å². The molecule has 110 valence electrons. The molecule has 3 nitrogen and oxygen atoms in total. The van der Waals surface area contributed by atoms with Crippen LogP contribution in [0.3, 0.4) is 0 Å². The minimum Gasteiger partial charge on any atom is -0.496 e. The van der Waals surface area contributed by atoms with Crippen LogP contribution in [0.15, 0.2) is 12.1 Å². The van der Waals surface area contributed by atoms with E-state index in [2.05, 4.69) is 31.3 Å². The zero-order valence-corrected chi connectivity index (χ0v) is 12.7. The molecular weight excluding hydrogens is 250 g/mol. The zero-order valence-electron chi connectivity index (χ0n) is 12.7. The Morgan fingerprint density at radius 2 is 2.25 bits per heavy atom. The largest absolute Gasteiger partial charge is 0.496 e. The van der Waals surface area contributed by atoms with E-state index in [4.69, 9.17) is 9.47 Å². The van der Waals surface area contributed by atoms with Crippen molar-refractivity contribution in [2.75, 3.05) is 20.2 Å². The number of hydrogen-bond acceptors (Lipinski definition) is 3.